The third-order valence-corrected chi connectivity index (χ3v) is 25.6. The van der Waals surface area contributed by atoms with E-state index in [0.29, 0.717) is 0 Å². The van der Waals surface area contributed by atoms with Crippen molar-refractivity contribution in [2.75, 3.05) is 0 Å². The number of fused-ring (bicyclic) bond motifs is 18. The van der Waals surface area contributed by atoms with Crippen molar-refractivity contribution in [1.29, 1.82) is 0 Å². The normalized spacial score (nSPS) is 11.3. The van der Waals surface area contributed by atoms with E-state index in [9.17, 15) is 0 Å². The molecule has 0 radical (unpaired) electrons. The molecular weight excluding hydrogens is 2970 g/mol. The van der Waals surface area contributed by atoms with Gasteiger partial charge in [-0.3, -0.25) is 0 Å². The van der Waals surface area contributed by atoms with Crippen molar-refractivity contribution in [3.63, 3.8) is 0 Å². The first-order valence-electron chi connectivity index (χ1n) is 46.0. The van der Waals surface area contributed by atoms with E-state index in [-0.39, 0.29) is 126 Å². The Morgan fingerprint density at radius 1 is 0.180 bits per heavy atom. The van der Waals surface area contributed by atoms with Gasteiger partial charge in [-0.2, -0.15) is 0 Å². The summed E-state index contributed by atoms with van der Waals surface area (Å²) < 4.78 is 34.6. The van der Waals surface area contributed by atoms with Gasteiger partial charge in [-0.25, -0.2) is 29.9 Å². The van der Waals surface area contributed by atoms with Gasteiger partial charge < -0.3 is 142 Å². The number of nitrogens with zero attached hydrogens (tertiary/aromatic N) is 36. The van der Waals surface area contributed by atoms with Crippen LogP contribution in [0.3, 0.4) is 0 Å². The van der Waals surface area contributed by atoms with Crippen molar-refractivity contribution in [2.24, 2.45) is 84.6 Å². The molecular formula is C108H84N36Pt6. The van der Waals surface area contributed by atoms with E-state index in [2.05, 4.69) is 225 Å². The van der Waals surface area contributed by atoms with E-state index in [1.165, 1.54) is 0 Å². The standard InChI is InChI=1S/6C18H14N6.6Pt/c6*1-22-8-15(19-10-22)14-5-3-4-12-13-6-7-24(18(13)21-17(12)14)16-9-23(2)11-20-16;;;;;;/h3*3-9,11H,1-2H3;3*3-10H,1-2H3;;;;;;/q6*-2;6*+2. The summed E-state index contributed by atoms with van der Waals surface area (Å²) in [6, 6.07) is 49.8. The number of aromatic nitrogens is 36. The van der Waals surface area contributed by atoms with Crippen molar-refractivity contribution >= 4 is 132 Å². The molecule has 30 aromatic rings. The molecule has 0 atom stereocenters. The first-order chi connectivity index (χ1) is 70.2. The van der Waals surface area contributed by atoms with Gasteiger partial charge in [0, 0.05) is 134 Å². The fourth-order valence-corrected chi connectivity index (χ4v) is 18.9. The number of aryl methyl sites for hydroxylation is 12. The van der Waals surface area contributed by atoms with Crippen molar-refractivity contribution in [2.45, 2.75) is 0 Å². The molecule has 36 nitrogen and oxygen atoms in total. The minimum atomic E-state index is 0. The molecule has 24 aromatic heterocycles. The number of hydrogen-bond acceptors (Lipinski definition) is 12. The van der Waals surface area contributed by atoms with Gasteiger partial charge in [0.25, 0.3) is 0 Å². The minimum absolute atomic E-state index is 0. The molecule has 150 heavy (non-hydrogen) atoms. The molecule has 0 unspecified atom stereocenters. The summed E-state index contributed by atoms with van der Waals surface area (Å²) in [5.74, 6) is 5.04. The molecule has 6 aromatic carbocycles. The summed E-state index contributed by atoms with van der Waals surface area (Å²) in [5.41, 5.74) is 22.9. The van der Waals surface area contributed by atoms with Gasteiger partial charge >= 0.3 is 126 Å². The third kappa shape index (κ3) is 18.6. The Morgan fingerprint density at radius 3 is 0.540 bits per heavy atom. The van der Waals surface area contributed by atoms with E-state index in [1.54, 1.807) is 38.0 Å². The minimum Gasteiger partial charge on any atom is -0.467 e. The quantitative estimate of drug-likeness (QED) is 0.103. The van der Waals surface area contributed by atoms with Crippen LogP contribution in [0.15, 0.2) is 295 Å². The van der Waals surface area contributed by atoms with Crippen LogP contribution >= 0.6 is 0 Å². The van der Waals surface area contributed by atoms with Crippen LogP contribution in [0, 0.1) is 38.0 Å². The fourth-order valence-electron chi connectivity index (χ4n) is 18.9. The molecule has 0 amide bonds. The molecule has 0 bridgehead atoms. The third-order valence-electron chi connectivity index (χ3n) is 25.6. The maximum Gasteiger partial charge on any atom is 2.00 e. The Kier molecular flexibility index (Phi) is 28.8. The van der Waals surface area contributed by atoms with E-state index >= 15 is 0 Å². The van der Waals surface area contributed by atoms with E-state index < -0.39 is 0 Å². The second-order valence-electron chi connectivity index (χ2n) is 35.8. The summed E-state index contributed by atoms with van der Waals surface area (Å²) in [5, 5.41) is 13.5. The summed E-state index contributed by atoms with van der Waals surface area (Å²) in [4.78, 5) is 82.0. The average molecular weight is 3060 g/mol. The fraction of sp³-hybridized carbons (Fsp3) is 0.111. The van der Waals surface area contributed by atoms with Crippen molar-refractivity contribution < 1.29 is 126 Å². The molecule has 30 rings (SSSR count). The van der Waals surface area contributed by atoms with Gasteiger partial charge in [0.05, 0.1) is 72.5 Å². The predicted molar refractivity (Wildman–Crippen MR) is 551 cm³/mol. The van der Waals surface area contributed by atoms with Crippen LogP contribution < -0.4 is 29.9 Å². The monoisotopic (exact) mass is 3050 g/mol. The van der Waals surface area contributed by atoms with E-state index in [4.69, 9.17) is 29.9 Å². The number of rotatable bonds is 12. The predicted octanol–water partition coefficient (Wildman–Crippen LogP) is 16.0. The van der Waals surface area contributed by atoms with Crippen molar-refractivity contribution in [1.82, 2.24) is 172 Å². The molecule has 0 aliphatic carbocycles. The summed E-state index contributed by atoms with van der Waals surface area (Å²) in [7, 11) is 23.3. The maximum atomic E-state index is 4.90. The van der Waals surface area contributed by atoms with E-state index in [1.807, 2.05) is 297 Å². The Labute approximate surface area is 941 Å². The van der Waals surface area contributed by atoms with Crippen LogP contribution in [0.4, 0.5) is 0 Å². The Hall–Kier alpha value is -15.6. The van der Waals surface area contributed by atoms with Crippen LogP contribution in [0.5, 0.6) is 0 Å². The van der Waals surface area contributed by atoms with E-state index in [0.717, 1.165) is 234 Å². The molecule has 0 aliphatic heterocycles. The Bertz CT molecular complexity index is 8600. The number of para-hydroxylation sites is 6. The molecule has 0 saturated carbocycles. The second kappa shape index (κ2) is 41.9. The zero-order valence-corrected chi connectivity index (χ0v) is 95.3. The maximum absolute atomic E-state index is 4.90. The van der Waals surface area contributed by atoms with Crippen LogP contribution in [0.2, 0.25) is 0 Å². The number of hydrogen-bond donors (Lipinski definition) is 0. The first kappa shape index (κ1) is 103. The molecule has 0 spiro atoms. The molecule has 42 heteroatoms. The van der Waals surface area contributed by atoms with Crippen LogP contribution in [-0.4, -0.2) is 142 Å². The molecule has 0 fully saturated rings. The van der Waals surface area contributed by atoms with Crippen LogP contribution in [0.1, 0.15) is 0 Å². The second-order valence-corrected chi connectivity index (χ2v) is 35.8. The summed E-state index contributed by atoms with van der Waals surface area (Å²) >= 11 is 0. The summed E-state index contributed by atoms with van der Waals surface area (Å²) in [6.07, 6.45) is 63.9. The number of benzene rings is 6. The zero-order chi connectivity index (χ0) is 97.6. The van der Waals surface area contributed by atoms with Crippen LogP contribution in [-0.2, 0) is 211 Å². The topological polar surface area (TPSA) is 328 Å². The van der Waals surface area contributed by atoms with Gasteiger partial charge in [-0.15, -0.1) is 37.2 Å². The largest absolute Gasteiger partial charge is 2.00 e. The average Bonchev–Trinajstić information content (AvgIpc) is 1.61. The van der Waals surface area contributed by atoms with Crippen molar-refractivity contribution in [3.8, 4) is 102 Å². The molecule has 0 saturated heterocycles. The first-order valence-corrected chi connectivity index (χ1v) is 46.0. The van der Waals surface area contributed by atoms with Gasteiger partial charge in [-0.05, 0) is 157 Å². The van der Waals surface area contributed by atoms with Gasteiger partial charge in [0.1, 0.15) is 0 Å². The SMILES string of the molecule is Cn1[c-]nc(-c2cccc3c2[n-]c2c3ccn2-c2cn(C)cn2)c1.Cn1[c-]nc(-c2cccc3c2[n-]c2c3ccn2-c2cn(C)cn2)c1.Cn1[c-]nc(-c2cccc3c2[n-]c2c3ccn2-c2cn(C)cn2)c1.Cn1[c-]nc(-n2ccc3c4cccc(-c5cn(C)cn5)c4[n-]c32)c1.Cn1[c-]nc(-n2ccc3c4cccc(-c5cn(C)cn5)c4[n-]c32)c1.Cn1[c-]nc(-n2ccc3c4cccc(-c5cn(C)cn5)c4[n-]c32)c1.[Pt+2].[Pt+2].[Pt+2].[Pt+2].[Pt+2].[Pt+2]. The van der Waals surface area contributed by atoms with Crippen LogP contribution in [0.25, 0.3) is 234 Å². The van der Waals surface area contributed by atoms with Gasteiger partial charge in [-0.1, -0.05) is 251 Å². The number of imidazole rings is 12. The Morgan fingerprint density at radius 2 is 0.367 bits per heavy atom. The molecule has 756 valence electrons. The molecule has 0 aliphatic rings. The Balaban J connectivity index is 0.000000112. The van der Waals surface area contributed by atoms with Gasteiger partial charge in [0.2, 0.25) is 0 Å². The summed E-state index contributed by atoms with van der Waals surface area (Å²) in [6.45, 7) is 0. The van der Waals surface area contributed by atoms with Gasteiger partial charge in [0.15, 0.2) is 0 Å². The molecule has 24 heterocycles. The van der Waals surface area contributed by atoms with Crippen molar-refractivity contribution in [3.05, 3.63) is 333 Å². The zero-order valence-electron chi connectivity index (χ0n) is 81.7. The smallest absolute Gasteiger partial charge is 0.467 e. The molecule has 0 N–H and O–H groups in total.